The number of carbonyl (C=O) groups excluding carboxylic acids is 4. The van der Waals surface area contributed by atoms with Gasteiger partial charge in [0.05, 0.1) is 11.5 Å². The zero-order valence-corrected chi connectivity index (χ0v) is 23.2. The minimum absolute atomic E-state index is 0.182. The molecule has 0 bridgehead atoms. The second kappa shape index (κ2) is 13.0. The highest BCUT2D eigenvalue weighted by atomic mass is 32.2. The number of carbonyl (C=O) groups is 4. The number of nitrogens with one attached hydrogen (secondary N) is 2. The van der Waals surface area contributed by atoms with E-state index in [1.807, 2.05) is 45.0 Å². The fourth-order valence-electron chi connectivity index (χ4n) is 3.81. The van der Waals surface area contributed by atoms with E-state index in [-0.39, 0.29) is 17.4 Å². The van der Waals surface area contributed by atoms with Crippen LogP contribution in [0.3, 0.4) is 0 Å². The Morgan fingerprint density at radius 3 is 2.33 bits per heavy atom. The predicted molar refractivity (Wildman–Crippen MR) is 155 cm³/mol. The number of anilines is 2. The van der Waals surface area contributed by atoms with Crippen molar-refractivity contribution in [3.8, 4) is 11.5 Å². The zero-order chi connectivity index (χ0) is 28.6. The molecule has 0 aliphatic carbocycles. The molecule has 2 N–H and O–H groups in total. The molecule has 1 aliphatic rings. The molecule has 0 aromatic heterocycles. The van der Waals surface area contributed by atoms with E-state index in [1.165, 1.54) is 0 Å². The monoisotopic (exact) mass is 559 g/mol. The van der Waals surface area contributed by atoms with Crippen molar-refractivity contribution in [2.24, 2.45) is 0 Å². The highest BCUT2D eigenvalue weighted by Gasteiger charge is 2.36. The lowest BCUT2D eigenvalue weighted by atomic mass is 10.1. The van der Waals surface area contributed by atoms with Gasteiger partial charge < -0.3 is 20.1 Å². The number of ether oxygens (including phenoxy) is 2. The molecule has 9 nitrogen and oxygen atoms in total. The van der Waals surface area contributed by atoms with Crippen LogP contribution in [0.4, 0.5) is 16.2 Å². The van der Waals surface area contributed by atoms with Crippen molar-refractivity contribution in [2.45, 2.75) is 20.8 Å². The van der Waals surface area contributed by atoms with Crippen LogP contribution in [-0.4, -0.2) is 47.6 Å². The quantitative estimate of drug-likeness (QED) is 0.320. The number of hydrogen-bond donors (Lipinski definition) is 2. The maximum Gasteiger partial charge on any atom is 0.294 e. The Morgan fingerprint density at radius 1 is 0.850 bits per heavy atom. The van der Waals surface area contributed by atoms with Gasteiger partial charge in [-0.15, -0.1) is 0 Å². The third-order valence-corrected chi connectivity index (χ3v) is 6.86. The Kier molecular flexibility index (Phi) is 9.23. The number of imide groups is 1. The van der Waals surface area contributed by atoms with Crippen LogP contribution in [0.25, 0.3) is 6.08 Å². The van der Waals surface area contributed by atoms with Crippen LogP contribution in [0.5, 0.6) is 11.5 Å². The summed E-state index contributed by atoms with van der Waals surface area (Å²) < 4.78 is 11.4. The Bertz CT molecular complexity index is 1470. The minimum Gasteiger partial charge on any atom is -0.490 e. The van der Waals surface area contributed by atoms with Crippen LogP contribution in [-0.2, 0) is 14.4 Å². The number of benzene rings is 3. The van der Waals surface area contributed by atoms with E-state index in [1.54, 1.807) is 48.5 Å². The van der Waals surface area contributed by atoms with Crippen molar-refractivity contribution in [3.63, 3.8) is 0 Å². The normalized spacial score (nSPS) is 13.9. The Labute approximate surface area is 236 Å². The lowest BCUT2D eigenvalue weighted by molar-refractivity contribution is -0.127. The summed E-state index contributed by atoms with van der Waals surface area (Å²) >= 11 is 0.759. The van der Waals surface area contributed by atoms with Crippen molar-refractivity contribution in [1.82, 2.24) is 4.90 Å². The maximum atomic E-state index is 12.9. The first-order valence-electron chi connectivity index (χ1n) is 12.6. The molecule has 1 saturated heterocycles. The molecule has 10 heteroatoms. The first-order valence-corrected chi connectivity index (χ1v) is 13.4. The molecule has 1 aliphatic heterocycles. The summed E-state index contributed by atoms with van der Waals surface area (Å²) in [7, 11) is 0. The smallest absolute Gasteiger partial charge is 0.294 e. The molecule has 1 fully saturated rings. The van der Waals surface area contributed by atoms with Gasteiger partial charge in [0.2, 0.25) is 5.91 Å². The second-order valence-corrected chi connectivity index (χ2v) is 9.95. The summed E-state index contributed by atoms with van der Waals surface area (Å²) in [4.78, 5) is 51.3. The Hall–Kier alpha value is -4.57. The van der Waals surface area contributed by atoms with E-state index in [0.29, 0.717) is 35.0 Å². The van der Waals surface area contributed by atoms with Gasteiger partial charge in [-0.25, -0.2) is 0 Å². The van der Waals surface area contributed by atoms with Gasteiger partial charge in [-0.3, -0.25) is 24.1 Å². The van der Waals surface area contributed by atoms with E-state index >= 15 is 0 Å². The molecular weight excluding hydrogens is 530 g/mol. The summed E-state index contributed by atoms with van der Waals surface area (Å²) in [5, 5.41) is 4.95. The highest BCUT2D eigenvalue weighted by Crippen LogP contribution is 2.34. The summed E-state index contributed by atoms with van der Waals surface area (Å²) in [5.74, 6) is -0.604. The fourth-order valence-corrected chi connectivity index (χ4v) is 4.65. The van der Waals surface area contributed by atoms with Crippen molar-refractivity contribution in [1.29, 1.82) is 0 Å². The topological polar surface area (TPSA) is 114 Å². The molecule has 1 heterocycles. The van der Waals surface area contributed by atoms with Crippen molar-refractivity contribution >= 4 is 52.2 Å². The van der Waals surface area contributed by atoms with Crippen LogP contribution >= 0.6 is 11.8 Å². The molecule has 206 valence electrons. The van der Waals surface area contributed by atoms with Crippen LogP contribution in [0.2, 0.25) is 0 Å². The number of thioether (sulfide) groups is 1. The molecule has 3 aromatic rings. The first kappa shape index (κ1) is 28.4. The standard InChI is InChI=1S/C30H29N3O6S/c1-4-38-25-15-21(11-13-24(25)39-18-28(35)32-23-12-10-19(2)20(3)14-23)16-26-29(36)33(30(37)40-26)17-27(34)31-22-8-6-5-7-9-22/h5-16H,4,17-18H2,1-3H3,(H,31,34)(H,32,35)/b26-16-. The molecule has 4 amide bonds. The SMILES string of the molecule is CCOc1cc(/C=C2\SC(=O)N(CC(=O)Nc3ccccc3)C2=O)ccc1OCC(=O)Nc1ccc(C)c(C)c1. The van der Waals surface area contributed by atoms with E-state index in [4.69, 9.17) is 9.47 Å². The summed E-state index contributed by atoms with van der Waals surface area (Å²) in [6, 6.07) is 19.4. The van der Waals surface area contributed by atoms with Gasteiger partial charge in [0.1, 0.15) is 6.54 Å². The van der Waals surface area contributed by atoms with Gasteiger partial charge in [-0.2, -0.15) is 0 Å². The molecule has 0 spiro atoms. The van der Waals surface area contributed by atoms with Crippen molar-refractivity contribution in [3.05, 3.63) is 88.3 Å². The average molecular weight is 560 g/mol. The number of rotatable bonds is 10. The fraction of sp³-hybridized carbons (Fsp3) is 0.200. The minimum atomic E-state index is -0.556. The zero-order valence-electron chi connectivity index (χ0n) is 22.4. The van der Waals surface area contributed by atoms with Gasteiger partial charge in [0.25, 0.3) is 17.1 Å². The molecule has 3 aromatic carbocycles. The number of para-hydroxylation sites is 1. The highest BCUT2D eigenvalue weighted by molar-refractivity contribution is 8.18. The Balaban J connectivity index is 1.40. The first-order chi connectivity index (χ1) is 19.2. The number of aryl methyl sites for hydroxylation is 2. The third kappa shape index (κ3) is 7.29. The van der Waals surface area contributed by atoms with Crippen molar-refractivity contribution in [2.75, 3.05) is 30.4 Å². The molecule has 0 atom stereocenters. The predicted octanol–water partition coefficient (Wildman–Crippen LogP) is 5.39. The molecule has 4 rings (SSSR count). The van der Waals surface area contributed by atoms with E-state index in [0.717, 1.165) is 27.8 Å². The van der Waals surface area contributed by atoms with Gasteiger partial charge in [-0.1, -0.05) is 30.3 Å². The van der Waals surface area contributed by atoms with Gasteiger partial charge in [-0.05, 0) is 91.7 Å². The molecule has 0 radical (unpaired) electrons. The largest absolute Gasteiger partial charge is 0.490 e. The number of nitrogens with zero attached hydrogens (tertiary/aromatic N) is 1. The lowest BCUT2D eigenvalue weighted by Gasteiger charge is -2.13. The second-order valence-electron chi connectivity index (χ2n) is 8.96. The van der Waals surface area contributed by atoms with Gasteiger partial charge in [0, 0.05) is 11.4 Å². The molecular formula is C30H29N3O6S. The van der Waals surface area contributed by atoms with Crippen molar-refractivity contribution < 1.29 is 28.7 Å². The molecule has 0 unspecified atom stereocenters. The number of amides is 4. The summed E-state index contributed by atoms with van der Waals surface area (Å²) in [5.41, 5.74) is 4.05. The molecule has 40 heavy (non-hydrogen) atoms. The maximum absolute atomic E-state index is 12.9. The van der Waals surface area contributed by atoms with Crippen LogP contribution in [0.15, 0.2) is 71.6 Å². The van der Waals surface area contributed by atoms with Crippen LogP contribution < -0.4 is 20.1 Å². The average Bonchev–Trinajstić information content (AvgIpc) is 3.18. The summed E-state index contributed by atoms with van der Waals surface area (Å²) in [6.07, 6.45) is 1.55. The Morgan fingerprint density at radius 2 is 1.60 bits per heavy atom. The number of hydrogen-bond acceptors (Lipinski definition) is 7. The van der Waals surface area contributed by atoms with E-state index < -0.39 is 23.6 Å². The van der Waals surface area contributed by atoms with Gasteiger partial charge in [0.15, 0.2) is 18.1 Å². The van der Waals surface area contributed by atoms with E-state index in [2.05, 4.69) is 10.6 Å². The lowest BCUT2D eigenvalue weighted by Crippen LogP contribution is -2.36. The van der Waals surface area contributed by atoms with Crippen LogP contribution in [0, 0.1) is 13.8 Å². The third-order valence-electron chi connectivity index (χ3n) is 5.95. The van der Waals surface area contributed by atoms with Crippen LogP contribution in [0.1, 0.15) is 23.6 Å². The van der Waals surface area contributed by atoms with Gasteiger partial charge >= 0.3 is 0 Å². The molecule has 0 saturated carbocycles. The van der Waals surface area contributed by atoms with E-state index in [9.17, 15) is 19.2 Å². The summed E-state index contributed by atoms with van der Waals surface area (Å²) in [6.45, 7) is 5.52.